The number of nitrogens with zero attached hydrogens (tertiary/aromatic N) is 1. The molecule has 0 aliphatic rings. The normalized spacial score (nSPS) is 11.4. The third-order valence-electron chi connectivity index (χ3n) is 2.98. The van der Waals surface area contributed by atoms with Crippen LogP contribution >= 0.6 is 11.3 Å². The number of rotatable bonds is 5. The topological polar surface area (TPSA) is 41.5 Å². The quantitative estimate of drug-likeness (QED) is 0.658. The van der Waals surface area contributed by atoms with Crippen LogP contribution in [0, 0.1) is 0 Å². The van der Waals surface area contributed by atoms with E-state index in [1.54, 1.807) is 6.07 Å². The summed E-state index contributed by atoms with van der Waals surface area (Å²) < 4.78 is 0. The van der Waals surface area contributed by atoms with Crippen molar-refractivity contribution in [3.8, 4) is 0 Å². The Kier molecular flexibility index (Phi) is 5.07. The van der Waals surface area contributed by atoms with Crippen LogP contribution in [0.2, 0.25) is 0 Å². The molecule has 0 radical (unpaired) electrons. The molecule has 2 aromatic rings. The molecule has 0 spiro atoms. The second-order valence-electron chi connectivity index (χ2n) is 4.56. The third kappa shape index (κ3) is 3.78. The molecule has 1 amide bonds. The molecule has 0 unspecified atom stereocenters. The van der Waals surface area contributed by atoms with Gasteiger partial charge in [0, 0.05) is 0 Å². The Morgan fingerprint density at radius 2 is 2.00 bits per heavy atom. The van der Waals surface area contributed by atoms with Crippen LogP contribution in [-0.4, -0.2) is 11.6 Å². The van der Waals surface area contributed by atoms with Gasteiger partial charge in [-0.2, -0.15) is 5.10 Å². The second-order valence-corrected chi connectivity index (χ2v) is 5.51. The molecule has 0 atom stereocenters. The molecule has 0 aliphatic heterocycles. The summed E-state index contributed by atoms with van der Waals surface area (Å²) in [6.07, 6.45) is 2.23. The summed E-state index contributed by atoms with van der Waals surface area (Å²) in [5.41, 5.74) is 5.74. The van der Waals surface area contributed by atoms with Crippen molar-refractivity contribution in [2.75, 3.05) is 0 Å². The van der Waals surface area contributed by atoms with E-state index in [0.717, 1.165) is 24.1 Å². The number of hydrogen-bond donors (Lipinski definition) is 1. The van der Waals surface area contributed by atoms with Gasteiger partial charge in [-0.1, -0.05) is 43.7 Å². The van der Waals surface area contributed by atoms with Gasteiger partial charge >= 0.3 is 0 Å². The van der Waals surface area contributed by atoms with Gasteiger partial charge in [0.1, 0.15) is 0 Å². The highest BCUT2D eigenvalue weighted by atomic mass is 32.1. The van der Waals surface area contributed by atoms with Crippen LogP contribution < -0.4 is 5.43 Å². The molecular formula is C16H18N2OS. The fourth-order valence-corrected chi connectivity index (χ4v) is 2.48. The molecule has 4 heteroatoms. The minimum absolute atomic E-state index is 0.165. The van der Waals surface area contributed by atoms with Crippen LogP contribution in [0.25, 0.3) is 0 Å². The highest BCUT2D eigenvalue weighted by Crippen LogP contribution is 2.09. The van der Waals surface area contributed by atoms with Gasteiger partial charge in [0.15, 0.2) is 0 Å². The first-order chi connectivity index (χ1) is 9.70. The van der Waals surface area contributed by atoms with Crippen molar-refractivity contribution >= 4 is 23.0 Å². The van der Waals surface area contributed by atoms with Gasteiger partial charge in [-0.3, -0.25) is 4.79 Å². The summed E-state index contributed by atoms with van der Waals surface area (Å²) in [5, 5.41) is 6.02. The van der Waals surface area contributed by atoms with Crippen LogP contribution in [0.5, 0.6) is 0 Å². The van der Waals surface area contributed by atoms with Gasteiger partial charge in [0.2, 0.25) is 0 Å². The highest BCUT2D eigenvalue weighted by molar-refractivity contribution is 7.12. The smallest absolute Gasteiger partial charge is 0.266 e. The Morgan fingerprint density at radius 1 is 1.25 bits per heavy atom. The van der Waals surface area contributed by atoms with E-state index < -0.39 is 0 Å². The summed E-state index contributed by atoms with van der Waals surface area (Å²) >= 11 is 1.40. The molecule has 1 N–H and O–H groups in total. The first-order valence-electron chi connectivity index (χ1n) is 6.68. The lowest BCUT2D eigenvalue weighted by Crippen LogP contribution is -2.18. The molecule has 1 aromatic carbocycles. The van der Waals surface area contributed by atoms with Crippen molar-refractivity contribution in [2.24, 2.45) is 5.10 Å². The van der Waals surface area contributed by atoms with Gasteiger partial charge in [0.05, 0.1) is 10.6 Å². The zero-order valence-electron chi connectivity index (χ0n) is 11.7. The number of benzene rings is 1. The van der Waals surface area contributed by atoms with E-state index >= 15 is 0 Å². The Labute approximate surface area is 123 Å². The molecule has 0 aliphatic carbocycles. The van der Waals surface area contributed by atoms with Gasteiger partial charge in [0.25, 0.3) is 5.91 Å². The van der Waals surface area contributed by atoms with E-state index in [0.29, 0.717) is 4.88 Å². The molecule has 0 fully saturated rings. The number of carbonyl (C=O) groups excluding carboxylic acids is 1. The van der Waals surface area contributed by atoms with Gasteiger partial charge in [-0.15, -0.1) is 11.3 Å². The number of hydrogen-bond acceptors (Lipinski definition) is 3. The fourth-order valence-electron chi connectivity index (χ4n) is 1.86. The van der Waals surface area contributed by atoms with Crippen LogP contribution in [0.4, 0.5) is 0 Å². The third-order valence-corrected chi connectivity index (χ3v) is 3.85. The van der Waals surface area contributed by atoms with Gasteiger partial charge in [-0.05, 0) is 35.9 Å². The molecule has 104 valence electrons. The molecule has 1 aromatic heterocycles. The van der Waals surface area contributed by atoms with E-state index in [2.05, 4.69) is 29.6 Å². The maximum atomic E-state index is 11.8. The van der Waals surface area contributed by atoms with Crippen molar-refractivity contribution in [3.63, 3.8) is 0 Å². The summed E-state index contributed by atoms with van der Waals surface area (Å²) in [6.45, 7) is 4.06. The van der Waals surface area contributed by atoms with E-state index in [1.807, 2.05) is 30.5 Å². The molecular weight excluding hydrogens is 268 g/mol. The molecule has 2 rings (SSSR count). The first kappa shape index (κ1) is 14.5. The molecule has 0 bridgehead atoms. The summed E-state index contributed by atoms with van der Waals surface area (Å²) in [7, 11) is 0. The number of amides is 1. The lowest BCUT2D eigenvalue weighted by molar-refractivity contribution is 0.0959. The minimum Gasteiger partial charge on any atom is -0.266 e. The van der Waals surface area contributed by atoms with E-state index in [9.17, 15) is 4.79 Å². The van der Waals surface area contributed by atoms with Crippen molar-refractivity contribution < 1.29 is 4.79 Å². The molecule has 0 saturated carbocycles. The molecule has 3 nitrogen and oxygen atoms in total. The maximum Gasteiger partial charge on any atom is 0.281 e. The van der Waals surface area contributed by atoms with Crippen LogP contribution in [0.15, 0.2) is 46.9 Å². The standard InChI is InChI=1S/C16H18N2OS/c1-3-5-13-7-9-14(10-8-13)12(2)17-18-16(19)15-6-4-11-20-15/h4,6-11H,3,5H2,1-2H3,(H,18,19). The number of aryl methyl sites for hydroxylation is 1. The predicted octanol–water partition coefficient (Wildman–Crippen LogP) is 3.85. The van der Waals surface area contributed by atoms with E-state index in [-0.39, 0.29) is 5.91 Å². The largest absolute Gasteiger partial charge is 0.281 e. The predicted molar refractivity (Wildman–Crippen MR) is 84.4 cm³/mol. The second kappa shape index (κ2) is 7.01. The first-order valence-corrected chi connectivity index (χ1v) is 7.56. The monoisotopic (exact) mass is 286 g/mol. The average molecular weight is 286 g/mol. The van der Waals surface area contributed by atoms with Gasteiger partial charge in [-0.25, -0.2) is 5.43 Å². The Morgan fingerprint density at radius 3 is 2.60 bits per heavy atom. The summed E-state index contributed by atoms with van der Waals surface area (Å²) in [6, 6.07) is 11.9. The molecule has 1 heterocycles. The van der Waals surface area contributed by atoms with Crippen LogP contribution in [-0.2, 0) is 6.42 Å². The van der Waals surface area contributed by atoms with E-state index in [4.69, 9.17) is 0 Å². The highest BCUT2D eigenvalue weighted by Gasteiger charge is 2.05. The van der Waals surface area contributed by atoms with E-state index in [1.165, 1.54) is 16.9 Å². The Hall–Kier alpha value is -1.94. The van der Waals surface area contributed by atoms with Crippen molar-refractivity contribution in [1.82, 2.24) is 5.43 Å². The number of nitrogens with one attached hydrogen (secondary N) is 1. The van der Waals surface area contributed by atoms with Crippen LogP contribution in [0.3, 0.4) is 0 Å². The summed E-state index contributed by atoms with van der Waals surface area (Å²) in [5.74, 6) is -0.165. The minimum atomic E-state index is -0.165. The molecule has 0 saturated heterocycles. The lowest BCUT2D eigenvalue weighted by Gasteiger charge is -2.04. The van der Waals surface area contributed by atoms with Crippen molar-refractivity contribution in [1.29, 1.82) is 0 Å². The maximum absolute atomic E-state index is 11.8. The number of thiophene rings is 1. The lowest BCUT2D eigenvalue weighted by atomic mass is 10.1. The number of carbonyl (C=O) groups is 1. The SMILES string of the molecule is CCCc1ccc(C(C)=NNC(=O)c2cccs2)cc1. The summed E-state index contributed by atoms with van der Waals surface area (Å²) in [4.78, 5) is 12.4. The van der Waals surface area contributed by atoms with Gasteiger partial charge < -0.3 is 0 Å². The van der Waals surface area contributed by atoms with Crippen molar-refractivity contribution in [2.45, 2.75) is 26.7 Å². The zero-order chi connectivity index (χ0) is 14.4. The number of hydrazone groups is 1. The molecule has 20 heavy (non-hydrogen) atoms. The Balaban J connectivity index is 2.01. The average Bonchev–Trinajstić information content (AvgIpc) is 3.00. The van der Waals surface area contributed by atoms with Crippen molar-refractivity contribution in [3.05, 3.63) is 57.8 Å². The zero-order valence-corrected chi connectivity index (χ0v) is 12.5. The fraction of sp³-hybridized carbons (Fsp3) is 0.250. The van der Waals surface area contributed by atoms with Crippen LogP contribution in [0.1, 0.15) is 41.1 Å². The Bertz CT molecular complexity index is 585.